The molecule has 0 aliphatic carbocycles. The fourth-order valence-corrected chi connectivity index (χ4v) is 3.64. The van der Waals surface area contributed by atoms with E-state index in [0.29, 0.717) is 6.42 Å². The Kier molecular flexibility index (Phi) is 5.43. The van der Waals surface area contributed by atoms with Gasteiger partial charge in [0.15, 0.2) is 0 Å². The average molecular weight is 383 g/mol. The summed E-state index contributed by atoms with van der Waals surface area (Å²) in [5.41, 5.74) is 5.35. The minimum atomic E-state index is -0.0810. The lowest BCUT2D eigenvalue weighted by Gasteiger charge is -2.25. The predicted octanol–water partition coefficient (Wildman–Crippen LogP) is 4.81. The van der Waals surface area contributed by atoms with E-state index in [1.54, 1.807) is 5.01 Å². The van der Waals surface area contributed by atoms with Crippen LogP contribution in [0.2, 0.25) is 0 Å². The van der Waals surface area contributed by atoms with Crippen LogP contribution in [0.25, 0.3) is 0 Å². The molecular formula is C25H25N3O. The Morgan fingerprint density at radius 2 is 1.59 bits per heavy atom. The third kappa shape index (κ3) is 4.21. The first-order valence-corrected chi connectivity index (χ1v) is 9.89. The molecule has 1 aliphatic heterocycles. The SMILES string of the molecule is Cc1ccc([C@@H]2CC(c3ccccc3)=NN2C(=O)CN(C)c2ccccc2)cc1. The normalized spacial score (nSPS) is 15.9. The lowest BCUT2D eigenvalue weighted by Crippen LogP contribution is -2.36. The summed E-state index contributed by atoms with van der Waals surface area (Å²) in [5.74, 6) is -0.00661. The quantitative estimate of drug-likeness (QED) is 0.634. The molecule has 1 atom stereocenters. The summed E-state index contributed by atoms with van der Waals surface area (Å²) in [4.78, 5) is 15.2. The van der Waals surface area contributed by atoms with Crippen LogP contribution in [-0.4, -0.2) is 30.2 Å². The summed E-state index contributed by atoms with van der Waals surface area (Å²) in [6.45, 7) is 2.35. The summed E-state index contributed by atoms with van der Waals surface area (Å²) in [5, 5.41) is 6.43. The van der Waals surface area contributed by atoms with Crippen LogP contribution in [0, 0.1) is 6.92 Å². The smallest absolute Gasteiger partial charge is 0.262 e. The van der Waals surface area contributed by atoms with Crippen LogP contribution in [0.5, 0.6) is 0 Å². The molecule has 29 heavy (non-hydrogen) atoms. The van der Waals surface area contributed by atoms with Crippen molar-refractivity contribution in [3.63, 3.8) is 0 Å². The standard InChI is InChI=1S/C25H25N3O/c1-19-13-15-21(16-14-19)24-17-23(20-9-5-3-6-10-20)26-28(24)25(29)18-27(2)22-11-7-4-8-12-22/h3-16,24H,17-18H2,1-2H3/t24-/m0/s1. The average Bonchev–Trinajstić information content (AvgIpc) is 3.21. The third-order valence-electron chi connectivity index (χ3n) is 5.30. The van der Waals surface area contributed by atoms with Gasteiger partial charge in [0.2, 0.25) is 0 Å². The minimum absolute atomic E-state index is 0.00661. The van der Waals surface area contributed by atoms with Gasteiger partial charge in [-0.25, -0.2) is 5.01 Å². The van der Waals surface area contributed by atoms with E-state index in [0.717, 1.165) is 22.5 Å². The molecule has 3 aromatic carbocycles. The molecule has 0 N–H and O–H groups in total. The highest BCUT2D eigenvalue weighted by atomic mass is 16.2. The Morgan fingerprint density at radius 1 is 0.966 bits per heavy atom. The number of anilines is 1. The van der Waals surface area contributed by atoms with Gasteiger partial charge >= 0.3 is 0 Å². The monoisotopic (exact) mass is 383 g/mol. The molecule has 1 amide bonds. The molecule has 0 spiro atoms. The molecule has 146 valence electrons. The van der Waals surface area contributed by atoms with E-state index >= 15 is 0 Å². The summed E-state index contributed by atoms with van der Waals surface area (Å²) in [6, 6.07) is 28.4. The van der Waals surface area contributed by atoms with Crippen molar-refractivity contribution in [1.82, 2.24) is 5.01 Å². The van der Waals surface area contributed by atoms with Crippen molar-refractivity contribution in [2.75, 3.05) is 18.5 Å². The molecule has 0 aromatic heterocycles. The number of para-hydroxylation sites is 1. The second-order valence-corrected chi connectivity index (χ2v) is 7.47. The van der Waals surface area contributed by atoms with Crippen LogP contribution in [0.4, 0.5) is 5.69 Å². The topological polar surface area (TPSA) is 35.9 Å². The number of hydrogen-bond acceptors (Lipinski definition) is 3. The number of likely N-dealkylation sites (N-methyl/N-ethyl adjacent to an activating group) is 1. The van der Waals surface area contributed by atoms with Crippen LogP contribution >= 0.6 is 0 Å². The molecular weight excluding hydrogens is 358 g/mol. The van der Waals surface area contributed by atoms with Gasteiger partial charge in [-0.3, -0.25) is 4.79 Å². The third-order valence-corrected chi connectivity index (χ3v) is 5.30. The number of hydrazone groups is 1. The molecule has 0 unspecified atom stereocenters. The lowest BCUT2D eigenvalue weighted by molar-refractivity contribution is -0.131. The maximum atomic E-state index is 13.2. The second-order valence-electron chi connectivity index (χ2n) is 7.47. The fraction of sp³-hybridized carbons (Fsp3) is 0.200. The molecule has 0 bridgehead atoms. The first-order valence-electron chi connectivity index (χ1n) is 9.89. The highest BCUT2D eigenvalue weighted by molar-refractivity contribution is 6.03. The van der Waals surface area contributed by atoms with Crippen molar-refractivity contribution in [3.05, 3.63) is 102 Å². The van der Waals surface area contributed by atoms with Crippen molar-refractivity contribution in [2.24, 2.45) is 5.10 Å². The van der Waals surface area contributed by atoms with Gasteiger partial charge in [0.25, 0.3) is 5.91 Å². The minimum Gasteiger partial charge on any atom is -0.365 e. The summed E-state index contributed by atoms with van der Waals surface area (Å²) in [6.07, 6.45) is 0.716. The molecule has 4 nitrogen and oxygen atoms in total. The second kappa shape index (κ2) is 8.31. The van der Waals surface area contributed by atoms with Crippen LogP contribution in [0.1, 0.15) is 29.2 Å². The molecule has 0 saturated heterocycles. The molecule has 3 aromatic rings. The number of hydrogen-bond donors (Lipinski definition) is 0. The molecule has 4 heteroatoms. The Balaban J connectivity index is 1.61. The molecule has 0 fully saturated rings. The Morgan fingerprint density at radius 3 is 2.24 bits per heavy atom. The first kappa shape index (κ1) is 18.9. The van der Waals surface area contributed by atoms with E-state index in [1.165, 1.54) is 5.56 Å². The Labute approximate surface area is 172 Å². The Bertz CT molecular complexity index is 997. The van der Waals surface area contributed by atoms with Crippen molar-refractivity contribution in [2.45, 2.75) is 19.4 Å². The maximum Gasteiger partial charge on any atom is 0.262 e. The van der Waals surface area contributed by atoms with Gasteiger partial charge in [-0.15, -0.1) is 0 Å². The number of carbonyl (C=O) groups is 1. The predicted molar refractivity (Wildman–Crippen MR) is 118 cm³/mol. The van der Waals surface area contributed by atoms with Crippen LogP contribution in [0.15, 0.2) is 90.0 Å². The first-order chi connectivity index (χ1) is 14.1. The van der Waals surface area contributed by atoms with Crippen LogP contribution < -0.4 is 4.90 Å². The largest absolute Gasteiger partial charge is 0.365 e. The van der Waals surface area contributed by atoms with Crippen molar-refractivity contribution in [3.8, 4) is 0 Å². The molecule has 0 radical (unpaired) electrons. The number of aryl methyl sites for hydroxylation is 1. The highest BCUT2D eigenvalue weighted by Crippen LogP contribution is 2.33. The molecule has 1 heterocycles. The van der Waals surface area contributed by atoms with Crippen molar-refractivity contribution >= 4 is 17.3 Å². The van der Waals surface area contributed by atoms with Gasteiger partial charge in [-0.1, -0.05) is 78.4 Å². The summed E-state index contributed by atoms with van der Waals surface area (Å²) < 4.78 is 0. The zero-order valence-corrected chi connectivity index (χ0v) is 16.8. The number of nitrogens with zero attached hydrogens (tertiary/aromatic N) is 3. The number of carbonyl (C=O) groups excluding carboxylic acids is 1. The summed E-state index contributed by atoms with van der Waals surface area (Å²) in [7, 11) is 1.94. The molecule has 4 rings (SSSR count). The van der Waals surface area contributed by atoms with E-state index in [1.807, 2.05) is 60.5 Å². The van der Waals surface area contributed by atoms with E-state index < -0.39 is 0 Å². The van der Waals surface area contributed by atoms with E-state index in [2.05, 4.69) is 43.3 Å². The van der Waals surface area contributed by atoms with Gasteiger partial charge in [-0.05, 0) is 30.2 Å². The van der Waals surface area contributed by atoms with Crippen molar-refractivity contribution < 1.29 is 4.79 Å². The fourth-order valence-electron chi connectivity index (χ4n) is 3.64. The van der Waals surface area contributed by atoms with Crippen molar-refractivity contribution in [1.29, 1.82) is 0 Å². The van der Waals surface area contributed by atoms with Gasteiger partial charge in [0, 0.05) is 19.2 Å². The van der Waals surface area contributed by atoms with Crippen LogP contribution in [-0.2, 0) is 4.79 Å². The molecule has 0 saturated carbocycles. The van der Waals surface area contributed by atoms with Gasteiger partial charge in [0.1, 0.15) is 0 Å². The number of amides is 1. The van der Waals surface area contributed by atoms with E-state index in [9.17, 15) is 4.79 Å². The highest BCUT2D eigenvalue weighted by Gasteiger charge is 2.33. The Hall–Kier alpha value is -3.40. The number of benzene rings is 3. The molecule has 1 aliphatic rings. The zero-order valence-electron chi connectivity index (χ0n) is 16.8. The van der Waals surface area contributed by atoms with E-state index in [-0.39, 0.29) is 18.5 Å². The lowest BCUT2D eigenvalue weighted by atomic mass is 9.98. The van der Waals surface area contributed by atoms with E-state index in [4.69, 9.17) is 5.10 Å². The van der Waals surface area contributed by atoms with Gasteiger partial charge in [0.05, 0.1) is 18.3 Å². The summed E-state index contributed by atoms with van der Waals surface area (Å²) >= 11 is 0. The van der Waals surface area contributed by atoms with Crippen LogP contribution in [0.3, 0.4) is 0 Å². The zero-order chi connectivity index (χ0) is 20.2. The number of rotatable bonds is 5. The van der Waals surface area contributed by atoms with Gasteiger partial charge < -0.3 is 4.90 Å². The van der Waals surface area contributed by atoms with Gasteiger partial charge in [-0.2, -0.15) is 5.10 Å². The maximum absolute atomic E-state index is 13.2.